The van der Waals surface area contributed by atoms with E-state index >= 15 is 0 Å². The van der Waals surface area contributed by atoms with Crippen LogP contribution in [-0.4, -0.2) is 36.6 Å². The Kier molecular flexibility index (Phi) is 4.81. The third kappa shape index (κ3) is 3.06. The van der Waals surface area contributed by atoms with E-state index < -0.39 is 12.1 Å². The number of carbonyl (C=O) groups excluding carboxylic acids is 1. The van der Waals surface area contributed by atoms with Gasteiger partial charge in [0.25, 0.3) is 0 Å². The molecule has 0 N–H and O–H groups in total. The summed E-state index contributed by atoms with van der Waals surface area (Å²) in [6, 6.07) is 17.1. The molecule has 27 heavy (non-hydrogen) atoms. The van der Waals surface area contributed by atoms with E-state index in [1.165, 1.54) is 0 Å². The summed E-state index contributed by atoms with van der Waals surface area (Å²) in [6.07, 6.45) is 1.23. The highest BCUT2D eigenvalue weighted by Gasteiger charge is 2.45. The van der Waals surface area contributed by atoms with Crippen molar-refractivity contribution in [2.45, 2.75) is 13.1 Å². The second-order valence-corrected chi connectivity index (χ2v) is 6.40. The smallest absolute Gasteiger partial charge is 0.245 e. The van der Waals surface area contributed by atoms with Gasteiger partial charge in [0.2, 0.25) is 5.91 Å². The number of nitrogens with zero attached hydrogens (tertiary/aromatic N) is 4. The fourth-order valence-corrected chi connectivity index (χ4v) is 3.51. The number of hydrogen-bond acceptors (Lipinski definition) is 5. The monoisotopic (exact) mass is 382 g/mol. The Bertz CT molecular complexity index is 900. The lowest BCUT2D eigenvalue weighted by atomic mass is 10.0. The molecule has 6 nitrogen and oxygen atoms in total. The van der Waals surface area contributed by atoms with Crippen LogP contribution in [-0.2, 0) is 4.79 Å². The zero-order valence-corrected chi connectivity index (χ0v) is 15.6. The normalized spacial score (nSPS) is 21.3. The van der Waals surface area contributed by atoms with Crippen molar-refractivity contribution in [3.63, 3.8) is 0 Å². The van der Waals surface area contributed by atoms with Crippen molar-refractivity contribution < 1.29 is 9.53 Å². The van der Waals surface area contributed by atoms with Crippen molar-refractivity contribution in [3.05, 3.63) is 54.6 Å². The summed E-state index contributed by atoms with van der Waals surface area (Å²) in [5.74, 6) is 0.630. The number of carbonyl (C=O) groups is 1. The van der Waals surface area contributed by atoms with Crippen molar-refractivity contribution in [1.29, 1.82) is 0 Å². The molecule has 1 amide bonds. The third-order valence-electron chi connectivity index (χ3n) is 4.51. The summed E-state index contributed by atoms with van der Waals surface area (Å²) in [5.41, 5.74) is 1.53. The molecule has 7 heteroatoms. The number of aliphatic imine (C=N–C) groups is 1. The Labute approximate surface area is 162 Å². The minimum atomic E-state index is -0.480. The summed E-state index contributed by atoms with van der Waals surface area (Å²) >= 11 is 6.18. The molecule has 4 rings (SSSR count). The minimum absolute atomic E-state index is 0.109. The summed E-state index contributed by atoms with van der Waals surface area (Å²) in [6.45, 7) is 2.41. The van der Waals surface area contributed by atoms with E-state index in [2.05, 4.69) is 5.10 Å². The SMILES string of the molecule is CCOc1ccccc1N1C(=O)C2C=NN(c3ccccc3)C2N=C1CCl. The number of ether oxygens (including phenoxy) is 1. The molecule has 0 aliphatic carbocycles. The van der Waals surface area contributed by atoms with Crippen LogP contribution in [0.3, 0.4) is 0 Å². The number of para-hydroxylation sites is 3. The van der Waals surface area contributed by atoms with E-state index in [1.54, 1.807) is 16.1 Å². The predicted molar refractivity (Wildman–Crippen MR) is 108 cm³/mol. The standard InChI is InChI=1S/C20H19ClN4O2/c1-2-27-17-11-7-6-10-16(17)24-18(12-21)23-19-15(20(24)26)13-22-25(19)14-8-4-3-5-9-14/h3-11,13,15,19H,2,12H2,1H3. The molecule has 2 unspecified atom stereocenters. The van der Waals surface area contributed by atoms with Gasteiger partial charge in [-0.2, -0.15) is 5.10 Å². The van der Waals surface area contributed by atoms with E-state index in [4.69, 9.17) is 21.3 Å². The predicted octanol–water partition coefficient (Wildman–Crippen LogP) is 3.52. The number of benzene rings is 2. The number of alkyl halides is 1. The van der Waals surface area contributed by atoms with Crippen LogP contribution in [0, 0.1) is 5.92 Å². The lowest BCUT2D eigenvalue weighted by molar-refractivity contribution is -0.120. The highest BCUT2D eigenvalue weighted by Crippen LogP contribution is 2.36. The Balaban J connectivity index is 1.75. The number of halogens is 1. The summed E-state index contributed by atoms with van der Waals surface area (Å²) in [4.78, 5) is 19.6. The number of hydrazone groups is 1. The zero-order valence-electron chi connectivity index (χ0n) is 14.8. The molecule has 0 radical (unpaired) electrons. The summed E-state index contributed by atoms with van der Waals surface area (Å²) in [5, 5.41) is 6.20. The van der Waals surface area contributed by atoms with E-state index in [0.29, 0.717) is 23.9 Å². The molecule has 2 aromatic carbocycles. The van der Waals surface area contributed by atoms with Crippen molar-refractivity contribution in [3.8, 4) is 5.75 Å². The van der Waals surface area contributed by atoms with E-state index in [-0.39, 0.29) is 11.8 Å². The molecule has 2 aliphatic rings. The van der Waals surface area contributed by atoms with Crippen LogP contribution in [0.15, 0.2) is 64.7 Å². The molecule has 2 atom stereocenters. The first-order chi connectivity index (χ1) is 13.2. The first kappa shape index (κ1) is 17.5. The molecule has 0 aromatic heterocycles. The first-order valence-corrected chi connectivity index (χ1v) is 9.35. The Morgan fingerprint density at radius 1 is 1.11 bits per heavy atom. The second-order valence-electron chi connectivity index (χ2n) is 6.14. The van der Waals surface area contributed by atoms with Crippen LogP contribution < -0.4 is 14.6 Å². The number of hydrogen-bond donors (Lipinski definition) is 0. The summed E-state index contributed by atoms with van der Waals surface area (Å²) in [7, 11) is 0. The number of amides is 1. The maximum absolute atomic E-state index is 13.3. The zero-order chi connectivity index (χ0) is 18.8. The van der Waals surface area contributed by atoms with Crippen molar-refractivity contribution in [2.24, 2.45) is 16.0 Å². The molecular weight excluding hydrogens is 364 g/mol. The molecule has 0 saturated carbocycles. The first-order valence-electron chi connectivity index (χ1n) is 8.81. The fraction of sp³-hybridized carbons (Fsp3) is 0.250. The maximum Gasteiger partial charge on any atom is 0.245 e. The van der Waals surface area contributed by atoms with E-state index in [0.717, 1.165) is 5.69 Å². The average molecular weight is 383 g/mol. The highest BCUT2D eigenvalue weighted by molar-refractivity contribution is 6.36. The number of anilines is 2. The number of amidine groups is 1. The Morgan fingerprint density at radius 2 is 1.85 bits per heavy atom. The largest absolute Gasteiger partial charge is 0.492 e. The molecule has 2 heterocycles. The van der Waals surface area contributed by atoms with Gasteiger partial charge in [-0.05, 0) is 31.2 Å². The topological polar surface area (TPSA) is 57.5 Å². The highest BCUT2D eigenvalue weighted by atomic mass is 35.5. The van der Waals surface area contributed by atoms with Gasteiger partial charge in [-0.1, -0.05) is 30.3 Å². The number of fused-ring (bicyclic) bond motifs is 1. The van der Waals surface area contributed by atoms with Crippen LogP contribution in [0.1, 0.15) is 6.92 Å². The molecule has 2 aliphatic heterocycles. The van der Waals surface area contributed by atoms with Crippen LogP contribution >= 0.6 is 11.6 Å². The van der Waals surface area contributed by atoms with Crippen LogP contribution in [0.5, 0.6) is 5.75 Å². The molecular formula is C20H19ClN4O2. The van der Waals surface area contributed by atoms with Crippen molar-refractivity contribution in [2.75, 3.05) is 22.4 Å². The lowest BCUT2D eigenvalue weighted by Crippen LogP contribution is -2.52. The van der Waals surface area contributed by atoms with Crippen molar-refractivity contribution >= 4 is 40.9 Å². The van der Waals surface area contributed by atoms with Gasteiger partial charge in [0.1, 0.15) is 17.5 Å². The average Bonchev–Trinajstić information content (AvgIpc) is 3.14. The van der Waals surface area contributed by atoms with Gasteiger partial charge < -0.3 is 4.74 Å². The van der Waals surface area contributed by atoms with Gasteiger partial charge in [-0.3, -0.25) is 9.69 Å². The second kappa shape index (κ2) is 7.40. The quantitative estimate of drug-likeness (QED) is 0.743. The Hall–Kier alpha value is -2.86. The Morgan fingerprint density at radius 3 is 2.59 bits per heavy atom. The van der Waals surface area contributed by atoms with E-state index in [1.807, 2.05) is 61.5 Å². The molecule has 0 saturated heterocycles. The lowest BCUT2D eigenvalue weighted by Gasteiger charge is -2.35. The van der Waals surface area contributed by atoms with Gasteiger partial charge >= 0.3 is 0 Å². The van der Waals surface area contributed by atoms with Gasteiger partial charge in [0.05, 0.1) is 23.9 Å². The summed E-state index contributed by atoms with van der Waals surface area (Å²) < 4.78 is 5.70. The minimum Gasteiger partial charge on any atom is -0.492 e. The van der Waals surface area contributed by atoms with Crippen LogP contribution in [0.2, 0.25) is 0 Å². The van der Waals surface area contributed by atoms with E-state index in [9.17, 15) is 4.79 Å². The molecule has 138 valence electrons. The van der Waals surface area contributed by atoms with Gasteiger partial charge in [-0.15, -0.1) is 11.6 Å². The van der Waals surface area contributed by atoms with Crippen molar-refractivity contribution in [1.82, 2.24) is 0 Å². The molecule has 0 spiro atoms. The van der Waals surface area contributed by atoms with Gasteiger partial charge in [0, 0.05) is 6.21 Å². The van der Waals surface area contributed by atoms with Gasteiger partial charge in [-0.25, -0.2) is 10.0 Å². The third-order valence-corrected chi connectivity index (χ3v) is 4.75. The van der Waals surface area contributed by atoms with Gasteiger partial charge in [0.15, 0.2) is 6.17 Å². The maximum atomic E-state index is 13.3. The molecule has 0 fully saturated rings. The molecule has 0 bridgehead atoms. The van der Waals surface area contributed by atoms with Crippen LogP contribution in [0.25, 0.3) is 0 Å². The molecule has 2 aromatic rings. The van der Waals surface area contributed by atoms with Crippen LogP contribution in [0.4, 0.5) is 11.4 Å². The fourth-order valence-electron chi connectivity index (χ4n) is 3.33. The number of rotatable bonds is 5.